The Balaban J connectivity index is 2.22. The lowest BCUT2D eigenvalue weighted by Gasteiger charge is -2.15. The number of methoxy groups -OCH3 is 1. The molecule has 1 saturated heterocycles. The third-order valence-corrected chi connectivity index (χ3v) is 2.92. The number of aliphatic hydroxyl groups is 1. The van der Waals surface area contributed by atoms with Gasteiger partial charge in [-0.2, -0.15) is 0 Å². The number of urea groups is 1. The summed E-state index contributed by atoms with van der Waals surface area (Å²) in [4.78, 5) is 13.1. The van der Waals surface area contributed by atoms with Crippen LogP contribution in [0.2, 0.25) is 0 Å². The van der Waals surface area contributed by atoms with Crippen LogP contribution < -0.4 is 10.1 Å². The molecule has 0 saturated carbocycles. The van der Waals surface area contributed by atoms with Gasteiger partial charge in [0.15, 0.2) is 0 Å². The summed E-state index contributed by atoms with van der Waals surface area (Å²) in [7, 11) is 1.50. The van der Waals surface area contributed by atoms with Crippen molar-refractivity contribution < 1.29 is 19.0 Å². The smallest absolute Gasteiger partial charge is 0.318 e. The number of amides is 2. The van der Waals surface area contributed by atoms with Crippen LogP contribution in [-0.4, -0.2) is 42.8 Å². The predicted molar refractivity (Wildman–Crippen MR) is 62.9 cm³/mol. The number of hydrogen-bond donors (Lipinski definition) is 2. The monoisotopic (exact) mass is 254 g/mol. The van der Waals surface area contributed by atoms with Gasteiger partial charge in [0.05, 0.1) is 19.8 Å². The number of hydrogen-bond acceptors (Lipinski definition) is 3. The largest absolute Gasteiger partial charge is 0.496 e. The molecular weight excluding hydrogens is 239 g/mol. The highest BCUT2D eigenvalue weighted by molar-refractivity contribution is 5.77. The Morgan fingerprint density at radius 3 is 3.06 bits per heavy atom. The molecule has 0 aromatic heterocycles. The lowest BCUT2D eigenvalue weighted by molar-refractivity contribution is 0.196. The van der Waals surface area contributed by atoms with Crippen molar-refractivity contribution in [2.75, 3.05) is 26.8 Å². The van der Waals surface area contributed by atoms with Crippen molar-refractivity contribution in [3.8, 4) is 5.75 Å². The molecule has 1 heterocycles. The maximum atomic E-state index is 13.3. The van der Waals surface area contributed by atoms with E-state index in [4.69, 9.17) is 9.84 Å². The number of carbonyl (C=O) groups is 1. The number of carbonyl (C=O) groups excluding carboxylic acids is 1. The van der Waals surface area contributed by atoms with E-state index in [0.29, 0.717) is 17.9 Å². The average Bonchev–Trinajstić information content (AvgIpc) is 2.71. The van der Waals surface area contributed by atoms with Gasteiger partial charge >= 0.3 is 6.03 Å². The molecule has 1 aliphatic rings. The van der Waals surface area contributed by atoms with Crippen LogP contribution in [0.25, 0.3) is 0 Å². The maximum Gasteiger partial charge on any atom is 0.318 e. The topological polar surface area (TPSA) is 61.8 Å². The van der Waals surface area contributed by atoms with E-state index in [1.807, 2.05) is 0 Å². The standard InChI is InChI=1S/C12H15FN2O3/c1-18-11-3-2-8(13)6-9(11)10-7-15(4-5-16)12(17)14-10/h2-3,6,10,16H,4-5,7H2,1H3,(H,14,17). The molecule has 2 amide bonds. The van der Waals surface area contributed by atoms with Crippen LogP contribution in [0.15, 0.2) is 18.2 Å². The molecule has 1 aromatic rings. The second-order valence-corrected chi connectivity index (χ2v) is 4.06. The Labute approximate surface area is 104 Å². The molecule has 6 heteroatoms. The summed E-state index contributed by atoms with van der Waals surface area (Å²) in [5, 5.41) is 11.6. The second-order valence-electron chi connectivity index (χ2n) is 4.06. The van der Waals surface area contributed by atoms with Crippen molar-refractivity contribution in [3.63, 3.8) is 0 Å². The zero-order chi connectivity index (χ0) is 13.1. The van der Waals surface area contributed by atoms with Gasteiger partial charge in [0.25, 0.3) is 0 Å². The maximum absolute atomic E-state index is 13.3. The third kappa shape index (κ3) is 2.38. The minimum atomic E-state index is -0.374. The van der Waals surface area contributed by atoms with Gasteiger partial charge in [-0.15, -0.1) is 0 Å². The van der Waals surface area contributed by atoms with Gasteiger partial charge in [-0.3, -0.25) is 0 Å². The molecule has 1 fully saturated rings. The van der Waals surface area contributed by atoms with Crippen molar-refractivity contribution in [2.45, 2.75) is 6.04 Å². The van der Waals surface area contributed by atoms with Gasteiger partial charge in [-0.25, -0.2) is 9.18 Å². The van der Waals surface area contributed by atoms with E-state index in [0.717, 1.165) is 0 Å². The van der Waals surface area contributed by atoms with E-state index in [-0.39, 0.29) is 31.0 Å². The summed E-state index contributed by atoms with van der Waals surface area (Å²) in [6.07, 6.45) is 0. The SMILES string of the molecule is COc1ccc(F)cc1C1CN(CCO)C(=O)N1. The number of halogens is 1. The molecule has 2 rings (SSSR count). The zero-order valence-electron chi connectivity index (χ0n) is 10.0. The first kappa shape index (κ1) is 12.6. The van der Waals surface area contributed by atoms with Crippen LogP contribution in [-0.2, 0) is 0 Å². The first-order chi connectivity index (χ1) is 8.65. The van der Waals surface area contributed by atoms with Gasteiger partial charge in [-0.05, 0) is 18.2 Å². The van der Waals surface area contributed by atoms with Crippen molar-refractivity contribution in [1.29, 1.82) is 0 Å². The summed E-state index contributed by atoms with van der Waals surface area (Å²) in [5.74, 6) is 0.160. The first-order valence-electron chi connectivity index (χ1n) is 5.65. The number of nitrogens with zero attached hydrogens (tertiary/aromatic N) is 1. The Hall–Kier alpha value is -1.82. The van der Waals surface area contributed by atoms with Gasteiger partial charge < -0.3 is 20.1 Å². The Bertz CT molecular complexity index is 453. The highest BCUT2D eigenvalue weighted by atomic mass is 19.1. The van der Waals surface area contributed by atoms with Gasteiger partial charge in [0.1, 0.15) is 11.6 Å². The number of nitrogens with one attached hydrogen (secondary N) is 1. The minimum Gasteiger partial charge on any atom is -0.496 e. The molecule has 0 aliphatic carbocycles. The van der Waals surface area contributed by atoms with E-state index >= 15 is 0 Å². The van der Waals surface area contributed by atoms with Crippen LogP contribution in [0.5, 0.6) is 5.75 Å². The van der Waals surface area contributed by atoms with Crippen molar-refractivity contribution in [3.05, 3.63) is 29.6 Å². The molecule has 18 heavy (non-hydrogen) atoms. The minimum absolute atomic E-state index is 0.0968. The molecule has 1 unspecified atom stereocenters. The zero-order valence-corrected chi connectivity index (χ0v) is 10.0. The summed E-state index contributed by atoms with van der Waals surface area (Å²) < 4.78 is 18.4. The summed E-state index contributed by atoms with van der Waals surface area (Å²) in [6, 6.07) is 3.61. The van der Waals surface area contributed by atoms with Crippen LogP contribution >= 0.6 is 0 Å². The highest BCUT2D eigenvalue weighted by Gasteiger charge is 2.31. The third-order valence-electron chi connectivity index (χ3n) is 2.92. The molecule has 2 N–H and O–H groups in total. The number of ether oxygens (including phenoxy) is 1. The number of β-amino-alcohol motifs (C(OH)–C–C–N with tert-alkyl or cyclic N) is 1. The molecule has 0 radical (unpaired) electrons. The predicted octanol–water partition coefficient (Wildman–Crippen LogP) is 0.893. The lowest BCUT2D eigenvalue weighted by atomic mass is 10.1. The number of benzene rings is 1. The van der Waals surface area contributed by atoms with Crippen LogP contribution in [0, 0.1) is 5.82 Å². The van der Waals surface area contributed by atoms with Gasteiger partial charge in [0.2, 0.25) is 0 Å². The Kier molecular flexibility index (Phi) is 3.66. The van der Waals surface area contributed by atoms with Crippen molar-refractivity contribution in [2.24, 2.45) is 0 Å². The van der Waals surface area contributed by atoms with Gasteiger partial charge in [-0.1, -0.05) is 0 Å². The summed E-state index contributed by atoms with van der Waals surface area (Å²) >= 11 is 0. The molecule has 1 aromatic carbocycles. The molecule has 0 spiro atoms. The fourth-order valence-corrected chi connectivity index (χ4v) is 2.06. The highest BCUT2D eigenvalue weighted by Crippen LogP contribution is 2.29. The summed E-state index contributed by atoms with van der Waals surface area (Å²) in [6.45, 7) is 0.555. The average molecular weight is 254 g/mol. The van der Waals surface area contributed by atoms with E-state index in [1.165, 1.54) is 30.2 Å². The fourth-order valence-electron chi connectivity index (χ4n) is 2.06. The van der Waals surface area contributed by atoms with Crippen LogP contribution in [0.4, 0.5) is 9.18 Å². The lowest BCUT2D eigenvalue weighted by Crippen LogP contribution is -2.30. The normalized spacial score (nSPS) is 18.9. The molecule has 0 bridgehead atoms. The van der Waals surface area contributed by atoms with Gasteiger partial charge in [0, 0.05) is 18.7 Å². The summed E-state index contributed by atoms with van der Waals surface area (Å²) in [5.41, 5.74) is 0.603. The molecule has 1 aliphatic heterocycles. The van der Waals surface area contributed by atoms with Crippen molar-refractivity contribution in [1.82, 2.24) is 10.2 Å². The van der Waals surface area contributed by atoms with E-state index in [9.17, 15) is 9.18 Å². The number of rotatable bonds is 4. The molecular formula is C12H15FN2O3. The van der Waals surface area contributed by atoms with E-state index in [2.05, 4.69) is 5.32 Å². The Morgan fingerprint density at radius 2 is 2.39 bits per heavy atom. The number of aliphatic hydroxyl groups excluding tert-OH is 1. The molecule has 1 atom stereocenters. The van der Waals surface area contributed by atoms with E-state index in [1.54, 1.807) is 0 Å². The van der Waals surface area contributed by atoms with Crippen molar-refractivity contribution >= 4 is 6.03 Å². The Morgan fingerprint density at radius 1 is 1.61 bits per heavy atom. The first-order valence-corrected chi connectivity index (χ1v) is 5.65. The van der Waals surface area contributed by atoms with Crippen LogP contribution in [0.1, 0.15) is 11.6 Å². The molecule has 98 valence electrons. The second kappa shape index (κ2) is 5.22. The van der Waals surface area contributed by atoms with Crippen LogP contribution in [0.3, 0.4) is 0 Å². The van der Waals surface area contributed by atoms with E-state index < -0.39 is 0 Å². The quantitative estimate of drug-likeness (QED) is 0.839. The fraction of sp³-hybridized carbons (Fsp3) is 0.417. The molecule has 5 nitrogen and oxygen atoms in total.